The van der Waals surface area contributed by atoms with Crippen molar-refractivity contribution in [2.24, 2.45) is 10.9 Å². The Balaban J connectivity index is 2.76. The number of hydrogen-bond acceptors (Lipinski definition) is 5. The Morgan fingerprint density at radius 2 is 2.19 bits per heavy atom. The molecule has 0 aliphatic carbocycles. The maximum Gasteiger partial charge on any atom is 0.214 e. The van der Waals surface area contributed by atoms with E-state index in [-0.39, 0.29) is 18.1 Å². The summed E-state index contributed by atoms with van der Waals surface area (Å²) in [6, 6.07) is 6.89. The van der Waals surface area contributed by atoms with Crippen LogP contribution in [0.2, 0.25) is 0 Å². The van der Waals surface area contributed by atoms with Gasteiger partial charge in [-0.2, -0.15) is 0 Å². The molecule has 0 radical (unpaired) electrons. The van der Waals surface area contributed by atoms with Crippen molar-refractivity contribution in [1.82, 2.24) is 4.31 Å². The summed E-state index contributed by atoms with van der Waals surface area (Å²) in [5.41, 5.74) is 6.82. The van der Waals surface area contributed by atoms with Gasteiger partial charge in [0, 0.05) is 32.9 Å². The van der Waals surface area contributed by atoms with Crippen LogP contribution in [0.25, 0.3) is 0 Å². The van der Waals surface area contributed by atoms with Gasteiger partial charge in [0.1, 0.15) is 0 Å². The Morgan fingerprint density at radius 3 is 2.81 bits per heavy atom. The highest BCUT2D eigenvalue weighted by Gasteiger charge is 2.17. The molecule has 0 saturated carbocycles. The fourth-order valence-electron chi connectivity index (χ4n) is 1.78. The van der Waals surface area contributed by atoms with E-state index in [0.29, 0.717) is 18.6 Å². The summed E-state index contributed by atoms with van der Waals surface area (Å²) in [5, 5.41) is 11.6. The van der Waals surface area contributed by atoms with Crippen molar-refractivity contribution in [3.05, 3.63) is 35.4 Å². The quantitative estimate of drug-likeness (QED) is 0.240. The first kappa shape index (κ1) is 17.4. The van der Waals surface area contributed by atoms with E-state index in [2.05, 4.69) is 5.16 Å². The minimum Gasteiger partial charge on any atom is -0.409 e. The van der Waals surface area contributed by atoms with Gasteiger partial charge in [0.25, 0.3) is 0 Å². The molecule has 0 unspecified atom stereocenters. The largest absolute Gasteiger partial charge is 0.409 e. The van der Waals surface area contributed by atoms with E-state index in [1.807, 2.05) is 0 Å². The van der Waals surface area contributed by atoms with E-state index in [9.17, 15) is 8.42 Å². The Morgan fingerprint density at radius 1 is 1.48 bits per heavy atom. The molecule has 7 nitrogen and oxygen atoms in total. The fourth-order valence-corrected chi connectivity index (χ4v) is 2.92. The molecule has 0 atom stereocenters. The predicted octanol–water partition coefficient (Wildman–Crippen LogP) is 0.579. The maximum atomic E-state index is 12.1. The van der Waals surface area contributed by atoms with Gasteiger partial charge in [0.2, 0.25) is 10.0 Å². The lowest BCUT2D eigenvalue weighted by Gasteiger charge is -2.17. The lowest BCUT2D eigenvalue weighted by atomic mass is 10.1. The molecule has 0 fully saturated rings. The summed E-state index contributed by atoms with van der Waals surface area (Å²) in [5.74, 6) is 0.0273. The lowest BCUT2D eigenvalue weighted by molar-refractivity contribution is 0.199. The number of oxime groups is 1. The van der Waals surface area contributed by atoms with E-state index in [1.54, 1.807) is 24.3 Å². The molecular weight excluding hydrogens is 294 g/mol. The van der Waals surface area contributed by atoms with E-state index in [1.165, 1.54) is 18.5 Å². The predicted molar refractivity (Wildman–Crippen MR) is 80.7 cm³/mol. The van der Waals surface area contributed by atoms with Crippen molar-refractivity contribution in [3.63, 3.8) is 0 Å². The summed E-state index contributed by atoms with van der Waals surface area (Å²) in [6.45, 7) is 0.633. The fraction of sp³-hybridized carbons (Fsp3) is 0.462. The average molecular weight is 315 g/mol. The molecule has 0 aromatic heterocycles. The van der Waals surface area contributed by atoms with Gasteiger partial charge in [0.15, 0.2) is 5.84 Å². The molecule has 0 heterocycles. The molecule has 0 saturated heterocycles. The highest BCUT2D eigenvalue weighted by molar-refractivity contribution is 7.89. The number of sulfonamides is 1. The Kier molecular flexibility index (Phi) is 6.60. The SMILES string of the molecule is COCCCS(=O)(=O)N(C)Cc1cccc(C(N)=NO)c1. The number of benzene rings is 1. The zero-order chi connectivity index (χ0) is 15.9. The molecule has 3 N–H and O–H groups in total. The number of nitrogens with two attached hydrogens (primary N) is 1. The maximum absolute atomic E-state index is 12.1. The zero-order valence-corrected chi connectivity index (χ0v) is 13.0. The smallest absolute Gasteiger partial charge is 0.214 e. The molecule has 0 aliphatic heterocycles. The van der Waals surface area contributed by atoms with Crippen molar-refractivity contribution < 1.29 is 18.4 Å². The van der Waals surface area contributed by atoms with Crippen LogP contribution in [0.3, 0.4) is 0 Å². The van der Waals surface area contributed by atoms with Gasteiger partial charge in [0.05, 0.1) is 5.75 Å². The van der Waals surface area contributed by atoms with E-state index < -0.39 is 10.0 Å². The first-order valence-electron chi connectivity index (χ1n) is 6.40. The molecule has 21 heavy (non-hydrogen) atoms. The zero-order valence-electron chi connectivity index (χ0n) is 12.2. The van der Waals surface area contributed by atoms with Crippen molar-refractivity contribution in [2.45, 2.75) is 13.0 Å². The first-order valence-corrected chi connectivity index (χ1v) is 8.01. The molecule has 1 aromatic rings. The molecule has 0 spiro atoms. The second kappa shape index (κ2) is 7.96. The van der Waals surface area contributed by atoms with Crippen molar-refractivity contribution in [1.29, 1.82) is 0 Å². The third-order valence-electron chi connectivity index (χ3n) is 2.96. The standard InChI is InChI=1S/C13H21N3O4S/c1-16(21(18,19)8-4-7-20-2)10-11-5-3-6-12(9-11)13(14)15-17/h3,5-6,9,17H,4,7-8,10H2,1-2H3,(H2,14,15). The van der Waals surface area contributed by atoms with Gasteiger partial charge in [-0.3, -0.25) is 0 Å². The van der Waals surface area contributed by atoms with Crippen LogP contribution in [-0.4, -0.2) is 50.3 Å². The third-order valence-corrected chi connectivity index (χ3v) is 4.84. The number of amidine groups is 1. The number of rotatable bonds is 8. The lowest BCUT2D eigenvalue weighted by Crippen LogP contribution is -2.29. The van der Waals surface area contributed by atoms with Crippen molar-refractivity contribution in [2.75, 3.05) is 26.5 Å². The van der Waals surface area contributed by atoms with Crippen molar-refractivity contribution >= 4 is 15.9 Å². The number of methoxy groups -OCH3 is 1. The van der Waals surface area contributed by atoms with Gasteiger partial charge in [-0.15, -0.1) is 0 Å². The second-order valence-corrected chi connectivity index (χ2v) is 6.80. The third kappa shape index (κ3) is 5.33. The van der Waals surface area contributed by atoms with Crippen LogP contribution < -0.4 is 5.73 Å². The highest BCUT2D eigenvalue weighted by atomic mass is 32.2. The van der Waals surface area contributed by atoms with Crippen LogP contribution in [0.1, 0.15) is 17.5 Å². The second-order valence-electron chi connectivity index (χ2n) is 4.60. The van der Waals surface area contributed by atoms with Gasteiger partial charge >= 0.3 is 0 Å². The summed E-state index contributed by atoms with van der Waals surface area (Å²) in [4.78, 5) is 0. The number of hydrogen-bond donors (Lipinski definition) is 2. The van der Waals surface area contributed by atoms with Gasteiger partial charge < -0.3 is 15.7 Å². The van der Waals surface area contributed by atoms with Crippen LogP contribution in [0.4, 0.5) is 0 Å². The minimum atomic E-state index is -3.33. The molecule has 1 rings (SSSR count). The summed E-state index contributed by atoms with van der Waals surface area (Å²) < 4.78 is 30.3. The molecule has 1 aromatic carbocycles. The summed E-state index contributed by atoms with van der Waals surface area (Å²) in [7, 11) is -0.264. The molecule has 0 aliphatic rings. The summed E-state index contributed by atoms with van der Waals surface area (Å²) in [6.07, 6.45) is 0.452. The van der Waals surface area contributed by atoms with Crippen molar-refractivity contribution in [3.8, 4) is 0 Å². The Hall–Kier alpha value is -1.64. The van der Waals surface area contributed by atoms with Gasteiger partial charge in [-0.25, -0.2) is 12.7 Å². The minimum absolute atomic E-state index is 0.0116. The molecular formula is C13H21N3O4S. The molecule has 0 amide bonds. The first-order chi connectivity index (χ1) is 9.90. The van der Waals surface area contributed by atoms with Crippen LogP contribution in [0, 0.1) is 0 Å². The molecule has 118 valence electrons. The van der Waals surface area contributed by atoms with Crippen LogP contribution in [0.15, 0.2) is 29.4 Å². The van der Waals surface area contributed by atoms with E-state index in [4.69, 9.17) is 15.7 Å². The normalized spacial score (nSPS) is 12.8. The number of ether oxygens (including phenoxy) is 1. The Labute approximate surface area is 125 Å². The topological polar surface area (TPSA) is 105 Å². The average Bonchev–Trinajstić information content (AvgIpc) is 2.46. The van der Waals surface area contributed by atoms with Gasteiger partial charge in [-0.1, -0.05) is 23.4 Å². The molecule has 8 heteroatoms. The van der Waals surface area contributed by atoms with E-state index >= 15 is 0 Å². The van der Waals surface area contributed by atoms with Gasteiger partial charge in [-0.05, 0) is 18.1 Å². The molecule has 0 bridgehead atoms. The summed E-state index contributed by atoms with van der Waals surface area (Å²) >= 11 is 0. The van der Waals surface area contributed by atoms with Crippen LogP contribution in [0.5, 0.6) is 0 Å². The van der Waals surface area contributed by atoms with E-state index in [0.717, 1.165) is 5.56 Å². The van der Waals surface area contributed by atoms with Crippen LogP contribution in [-0.2, 0) is 21.3 Å². The number of nitrogens with zero attached hydrogens (tertiary/aromatic N) is 2. The van der Waals surface area contributed by atoms with Crippen LogP contribution >= 0.6 is 0 Å². The monoisotopic (exact) mass is 315 g/mol. The Bertz CT molecular complexity index is 587. The highest BCUT2D eigenvalue weighted by Crippen LogP contribution is 2.11.